The third-order valence-electron chi connectivity index (χ3n) is 4.35. The molecule has 2 aromatic rings. The summed E-state index contributed by atoms with van der Waals surface area (Å²) in [6.07, 6.45) is 0.501. The van der Waals surface area contributed by atoms with Crippen molar-refractivity contribution < 1.29 is 5.11 Å². The van der Waals surface area contributed by atoms with Crippen LogP contribution in [-0.4, -0.2) is 11.2 Å². The van der Waals surface area contributed by atoms with Crippen molar-refractivity contribution in [3.8, 4) is 0 Å². The van der Waals surface area contributed by atoms with E-state index < -0.39 is 0 Å². The van der Waals surface area contributed by atoms with Gasteiger partial charge in [0.25, 0.3) is 0 Å². The Kier molecular flexibility index (Phi) is 3.86. The molecule has 2 N–H and O–H groups in total. The summed E-state index contributed by atoms with van der Waals surface area (Å²) < 4.78 is 0. The molecular weight excluding hydrogens is 246 g/mol. The van der Waals surface area contributed by atoms with Crippen LogP contribution in [-0.2, 0) is 0 Å². The second kappa shape index (κ2) is 5.78. The van der Waals surface area contributed by atoms with Crippen molar-refractivity contribution in [2.45, 2.75) is 31.5 Å². The van der Waals surface area contributed by atoms with E-state index in [-0.39, 0.29) is 24.1 Å². The molecule has 4 atom stereocenters. The number of piperidine rings is 1. The number of rotatable bonds is 2. The maximum Gasteiger partial charge on any atom is 0.0602 e. The van der Waals surface area contributed by atoms with Crippen LogP contribution >= 0.6 is 0 Å². The SMILES string of the molecule is C[C@H]1[C@@H](c2ccccc2)N[C@@H](c2ccccc2)C[C@@H]1O. The fourth-order valence-electron chi connectivity index (χ4n) is 3.09. The molecule has 0 aromatic heterocycles. The number of hydrogen-bond donors (Lipinski definition) is 2. The fourth-order valence-corrected chi connectivity index (χ4v) is 3.09. The van der Waals surface area contributed by atoms with E-state index in [0.717, 1.165) is 6.42 Å². The van der Waals surface area contributed by atoms with Crippen LogP contribution in [0, 0.1) is 5.92 Å². The lowest BCUT2D eigenvalue weighted by Gasteiger charge is -2.39. The van der Waals surface area contributed by atoms with E-state index in [1.165, 1.54) is 11.1 Å². The lowest BCUT2D eigenvalue weighted by atomic mass is 9.81. The molecule has 1 heterocycles. The first-order valence-corrected chi connectivity index (χ1v) is 7.29. The molecule has 1 aliphatic heterocycles. The summed E-state index contributed by atoms with van der Waals surface area (Å²) >= 11 is 0. The lowest BCUT2D eigenvalue weighted by Crippen LogP contribution is -2.43. The van der Waals surface area contributed by atoms with E-state index in [2.05, 4.69) is 60.8 Å². The monoisotopic (exact) mass is 267 g/mol. The molecule has 0 aliphatic carbocycles. The van der Waals surface area contributed by atoms with Crippen molar-refractivity contribution >= 4 is 0 Å². The molecule has 1 aliphatic rings. The molecule has 104 valence electrons. The number of hydrogen-bond acceptors (Lipinski definition) is 2. The van der Waals surface area contributed by atoms with Crippen molar-refractivity contribution in [3.05, 3.63) is 71.8 Å². The average Bonchev–Trinajstić information content (AvgIpc) is 2.51. The van der Waals surface area contributed by atoms with Crippen LogP contribution in [0.15, 0.2) is 60.7 Å². The van der Waals surface area contributed by atoms with Gasteiger partial charge < -0.3 is 10.4 Å². The Labute approximate surface area is 120 Å². The van der Waals surface area contributed by atoms with Crippen LogP contribution in [0.5, 0.6) is 0 Å². The van der Waals surface area contributed by atoms with Crippen molar-refractivity contribution in [1.29, 1.82) is 0 Å². The van der Waals surface area contributed by atoms with E-state index in [9.17, 15) is 5.11 Å². The van der Waals surface area contributed by atoms with E-state index in [1.54, 1.807) is 0 Å². The zero-order chi connectivity index (χ0) is 13.9. The normalized spacial score (nSPS) is 30.1. The van der Waals surface area contributed by atoms with E-state index in [4.69, 9.17) is 0 Å². The average molecular weight is 267 g/mol. The van der Waals surface area contributed by atoms with Crippen molar-refractivity contribution in [2.24, 2.45) is 5.92 Å². The molecule has 20 heavy (non-hydrogen) atoms. The highest BCUT2D eigenvalue weighted by molar-refractivity contribution is 5.25. The second-order valence-corrected chi connectivity index (χ2v) is 5.68. The van der Waals surface area contributed by atoms with Gasteiger partial charge in [0.2, 0.25) is 0 Å². The Morgan fingerprint density at radius 3 is 2.05 bits per heavy atom. The highest BCUT2D eigenvalue weighted by Gasteiger charge is 2.34. The van der Waals surface area contributed by atoms with Crippen LogP contribution in [0.1, 0.15) is 36.6 Å². The van der Waals surface area contributed by atoms with Crippen molar-refractivity contribution in [2.75, 3.05) is 0 Å². The number of aliphatic hydroxyl groups excluding tert-OH is 1. The van der Waals surface area contributed by atoms with Crippen LogP contribution in [0.25, 0.3) is 0 Å². The molecule has 0 unspecified atom stereocenters. The molecule has 0 radical (unpaired) electrons. The van der Waals surface area contributed by atoms with Gasteiger partial charge in [0.1, 0.15) is 0 Å². The van der Waals surface area contributed by atoms with Gasteiger partial charge in [-0.3, -0.25) is 0 Å². The molecule has 2 nitrogen and oxygen atoms in total. The predicted molar refractivity (Wildman–Crippen MR) is 81.3 cm³/mol. The molecule has 1 fully saturated rings. The molecule has 0 bridgehead atoms. The fraction of sp³-hybridized carbons (Fsp3) is 0.333. The zero-order valence-corrected chi connectivity index (χ0v) is 11.7. The second-order valence-electron chi connectivity index (χ2n) is 5.68. The summed E-state index contributed by atoms with van der Waals surface area (Å²) in [4.78, 5) is 0. The number of aliphatic hydroxyl groups is 1. The lowest BCUT2D eigenvalue weighted by molar-refractivity contribution is 0.0402. The Morgan fingerprint density at radius 2 is 1.45 bits per heavy atom. The third-order valence-corrected chi connectivity index (χ3v) is 4.35. The van der Waals surface area contributed by atoms with Gasteiger partial charge in [0, 0.05) is 18.0 Å². The van der Waals surface area contributed by atoms with Crippen LogP contribution in [0.2, 0.25) is 0 Å². The van der Waals surface area contributed by atoms with Gasteiger partial charge in [-0.15, -0.1) is 0 Å². The standard InChI is InChI=1S/C18H21NO/c1-13-17(20)12-16(14-8-4-2-5-9-14)19-18(13)15-10-6-3-7-11-15/h2-11,13,16-20H,12H2,1H3/t13-,16-,17+,18+/m1/s1. The smallest absolute Gasteiger partial charge is 0.0602 e. The Morgan fingerprint density at radius 1 is 0.900 bits per heavy atom. The van der Waals surface area contributed by atoms with Crippen LogP contribution in [0.4, 0.5) is 0 Å². The van der Waals surface area contributed by atoms with Gasteiger partial charge in [-0.05, 0) is 17.5 Å². The maximum absolute atomic E-state index is 10.4. The molecule has 2 aromatic carbocycles. The third kappa shape index (κ3) is 2.62. The minimum Gasteiger partial charge on any atom is -0.393 e. The van der Waals surface area contributed by atoms with Gasteiger partial charge in [-0.1, -0.05) is 67.6 Å². The Hall–Kier alpha value is -1.64. The topological polar surface area (TPSA) is 32.3 Å². The Bertz CT molecular complexity index is 540. The summed E-state index contributed by atoms with van der Waals surface area (Å²) in [6, 6.07) is 21.2. The van der Waals surface area contributed by atoms with Gasteiger partial charge in [0.05, 0.1) is 6.10 Å². The molecule has 0 amide bonds. The number of benzene rings is 2. The summed E-state index contributed by atoms with van der Waals surface area (Å²) in [5, 5.41) is 14.1. The zero-order valence-electron chi connectivity index (χ0n) is 11.7. The summed E-state index contributed by atoms with van der Waals surface area (Å²) in [5.74, 6) is 0.220. The highest BCUT2D eigenvalue weighted by Crippen LogP contribution is 2.36. The summed E-state index contributed by atoms with van der Waals surface area (Å²) in [5.41, 5.74) is 2.50. The molecule has 3 rings (SSSR count). The van der Waals surface area contributed by atoms with E-state index >= 15 is 0 Å². The minimum atomic E-state index is -0.272. The van der Waals surface area contributed by atoms with Gasteiger partial charge in [0.15, 0.2) is 0 Å². The van der Waals surface area contributed by atoms with E-state index in [1.807, 2.05) is 12.1 Å². The van der Waals surface area contributed by atoms with Crippen molar-refractivity contribution in [1.82, 2.24) is 5.32 Å². The van der Waals surface area contributed by atoms with E-state index in [0.29, 0.717) is 0 Å². The van der Waals surface area contributed by atoms with Gasteiger partial charge in [-0.25, -0.2) is 0 Å². The first-order valence-electron chi connectivity index (χ1n) is 7.29. The first-order chi connectivity index (χ1) is 9.75. The Balaban J connectivity index is 1.87. The van der Waals surface area contributed by atoms with Crippen LogP contribution in [0.3, 0.4) is 0 Å². The number of nitrogens with one attached hydrogen (secondary N) is 1. The summed E-state index contributed by atoms with van der Waals surface area (Å²) in [7, 11) is 0. The van der Waals surface area contributed by atoms with Crippen molar-refractivity contribution in [3.63, 3.8) is 0 Å². The molecular formula is C18H21NO. The quantitative estimate of drug-likeness (QED) is 0.873. The largest absolute Gasteiger partial charge is 0.393 e. The highest BCUT2D eigenvalue weighted by atomic mass is 16.3. The van der Waals surface area contributed by atoms with Gasteiger partial charge in [-0.2, -0.15) is 0 Å². The summed E-state index contributed by atoms with van der Waals surface area (Å²) in [6.45, 7) is 2.12. The van der Waals surface area contributed by atoms with Crippen LogP contribution < -0.4 is 5.32 Å². The first kappa shape index (κ1) is 13.3. The maximum atomic E-state index is 10.4. The predicted octanol–water partition coefficient (Wildman–Crippen LogP) is 3.46. The molecule has 0 spiro atoms. The molecule has 2 heteroatoms. The molecule has 1 saturated heterocycles. The van der Waals surface area contributed by atoms with Gasteiger partial charge >= 0.3 is 0 Å². The minimum absolute atomic E-state index is 0.199. The molecule has 0 saturated carbocycles.